The Morgan fingerprint density at radius 3 is 1.58 bits per heavy atom. The molecule has 31 heavy (non-hydrogen) atoms. The van der Waals surface area contributed by atoms with E-state index >= 15 is 0 Å². The van der Waals surface area contributed by atoms with Gasteiger partial charge in [-0.25, -0.2) is 0 Å². The van der Waals surface area contributed by atoms with Gasteiger partial charge >= 0.3 is 11.9 Å². The minimum absolute atomic E-state index is 0.221. The van der Waals surface area contributed by atoms with Crippen LogP contribution in [0.4, 0.5) is 0 Å². The van der Waals surface area contributed by atoms with Crippen LogP contribution in [0.1, 0.15) is 79.1 Å². The summed E-state index contributed by atoms with van der Waals surface area (Å²) in [5.74, 6) is 0.890. The van der Waals surface area contributed by atoms with Gasteiger partial charge < -0.3 is 9.47 Å². The minimum Gasteiger partial charge on any atom is -0.465 e. The summed E-state index contributed by atoms with van der Waals surface area (Å²) in [7, 11) is 0. The van der Waals surface area contributed by atoms with E-state index in [1.165, 1.54) is 47.7 Å². The molecule has 0 aliphatic heterocycles. The third-order valence-electron chi connectivity index (χ3n) is 5.06. The molecule has 1 rings (SSSR count). The number of hydrogen-bond donors (Lipinski definition) is 0. The maximum absolute atomic E-state index is 12.0. The highest BCUT2D eigenvalue weighted by atomic mass is 32.2. The van der Waals surface area contributed by atoms with Crippen LogP contribution in [0.5, 0.6) is 0 Å². The van der Waals surface area contributed by atoms with E-state index in [-0.39, 0.29) is 23.4 Å². The summed E-state index contributed by atoms with van der Waals surface area (Å²) in [5.41, 5.74) is 0. The van der Waals surface area contributed by atoms with Gasteiger partial charge in [0.1, 0.15) is 0 Å². The standard InChI is InChI=1S/C22H38N2O4S3/c1-5-9-11-17(7-3)13-27-19(25)15-29-21-23-24-22(31-21)30-16-20(26)28-14-18(8-4)12-10-6-2/h17-18H,5-16H2,1-4H3. The van der Waals surface area contributed by atoms with E-state index < -0.39 is 0 Å². The van der Waals surface area contributed by atoms with Crippen molar-refractivity contribution in [1.82, 2.24) is 10.2 Å². The third kappa shape index (κ3) is 13.4. The van der Waals surface area contributed by atoms with Crippen LogP contribution in [0.3, 0.4) is 0 Å². The predicted octanol–water partition coefficient (Wildman–Crippen LogP) is 6.24. The van der Waals surface area contributed by atoms with Crippen LogP contribution in [-0.2, 0) is 19.1 Å². The van der Waals surface area contributed by atoms with Crippen molar-refractivity contribution in [1.29, 1.82) is 0 Å². The van der Waals surface area contributed by atoms with Crippen LogP contribution in [0, 0.1) is 11.8 Å². The maximum atomic E-state index is 12.0. The molecule has 2 atom stereocenters. The number of carbonyl (C=O) groups is 2. The molecule has 0 amide bonds. The summed E-state index contributed by atoms with van der Waals surface area (Å²) in [5, 5.41) is 8.18. The molecule has 1 aromatic rings. The molecule has 0 N–H and O–H groups in total. The first kappa shape index (κ1) is 28.2. The van der Waals surface area contributed by atoms with Crippen LogP contribution in [0.2, 0.25) is 0 Å². The van der Waals surface area contributed by atoms with Crippen molar-refractivity contribution in [3.8, 4) is 0 Å². The lowest BCUT2D eigenvalue weighted by molar-refractivity contribution is -0.142. The fraction of sp³-hybridized carbons (Fsp3) is 0.818. The zero-order chi connectivity index (χ0) is 22.9. The van der Waals surface area contributed by atoms with Gasteiger partial charge in [-0.3, -0.25) is 9.59 Å². The molecule has 0 saturated heterocycles. The number of unbranched alkanes of at least 4 members (excludes halogenated alkanes) is 2. The largest absolute Gasteiger partial charge is 0.465 e. The number of aromatic nitrogens is 2. The van der Waals surface area contributed by atoms with E-state index in [0.717, 1.165) is 38.5 Å². The highest BCUT2D eigenvalue weighted by Crippen LogP contribution is 2.29. The fourth-order valence-electron chi connectivity index (χ4n) is 2.86. The average molecular weight is 491 g/mol. The molecule has 1 aromatic heterocycles. The van der Waals surface area contributed by atoms with Gasteiger partial charge in [-0.05, 0) is 24.7 Å². The Hall–Kier alpha value is -0.800. The van der Waals surface area contributed by atoms with Crippen molar-refractivity contribution in [3.05, 3.63) is 0 Å². The van der Waals surface area contributed by atoms with Crippen LogP contribution in [0.25, 0.3) is 0 Å². The first-order valence-corrected chi connectivity index (χ1v) is 14.2. The Bertz CT molecular complexity index is 577. The van der Waals surface area contributed by atoms with Crippen LogP contribution in [0.15, 0.2) is 8.68 Å². The number of ether oxygens (including phenoxy) is 2. The van der Waals surface area contributed by atoms with Crippen molar-refractivity contribution in [3.63, 3.8) is 0 Å². The van der Waals surface area contributed by atoms with Gasteiger partial charge in [0, 0.05) is 0 Å². The second-order valence-electron chi connectivity index (χ2n) is 7.61. The lowest BCUT2D eigenvalue weighted by atomic mass is 10.0. The van der Waals surface area contributed by atoms with Gasteiger partial charge in [0.15, 0.2) is 8.68 Å². The highest BCUT2D eigenvalue weighted by Gasteiger charge is 2.14. The van der Waals surface area contributed by atoms with E-state index in [9.17, 15) is 9.59 Å². The molecule has 0 aliphatic carbocycles. The molecular formula is C22H38N2O4S3. The van der Waals surface area contributed by atoms with Crippen molar-refractivity contribution < 1.29 is 19.1 Å². The zero-order valence-electron chi connectivity index (χ0n) is 19.4. The average Bonchev–Trinajstić information content (AvgIpc) is 3.24. The lowest BCUT2D eigenvalue weighted by Gasteiger charge is -2.14. The molecule has 0 fully saturated rings. The number of esters is 2. The normalized spacial score (nSPS) is 13.0. The van der Waals surface area contributed by atoms with Crippen LogP contribution in [-0.4, -0.2) is 46.9 Å². The monoisotopic (exact) mass is 490 g/mol. The number of rotatable bonds is 18. The lowest BCUT2D eigenvalue weighted by Crippen LogP contribution is -2.15. The van der Waals surface area contributed by atoms with E-state index in [0.29, 0.717) is 33.7 Å². The topological polar surface area (TPSA) is 78.4 Å². The van der Waals surface area contributed by atoms with Gasteiger partial charge in [0.25, 0.3) is 0 Å². The van der Waals surface area contributed by atoms with E-state index in [1.807, 2.05) is 0 Å². The smallest absolute Gasteiger partial charge is 0.316 e. The highest BCUT2D eigenvalue weighted by molar-refractivity contribution is 8.03. The van der Waals surface area contributed by atoms with Crippen LogP contribution >= 0.6 is 34.9 Å². The Morgan fingerprint density at radius 2 is 1.23 bits per heavy atom. The van der Waals surface area contributed by atoms with Gasteiger partial charge in [-0.1, -0.05) is 101 Å². The summed E-state index contributed by atoms with van der Waals surface area (Å²) in [6.07, 6.45) is 8.91. The number of nitrogens with zero attached hydrogens (tertiary/aromatic N) is 2. The Kier molecular flexibility index (Phi) is 16.1. The summed E-state index contributed by atoms with van der Waals surface area (Å²) in [6, 6.07) is 0. The fourth-order valence-corrected chi connectivity index (χ4v) is 5.47. The van der Waals surface area contributed by atoms with Crippen LogP contribution < -0.4 is 0 Å². The van der Waals surface area contributed by atoms with Crippen molar-refractivity contribution >= 4 is 46.8 Å². The molecule has 0 aliphatic rings. The molecule has 6 nitrogen and oxygen atoms in total. The van der Waals surface area contributed by atoms with Gasteiger partial charge in [0.2, 0.25) is 0 Å². The Morgan fingerprint density at radius 1 is 0.806 bits per heavy atom. The summed E-state index contributed by atoms with van der Waals surface area (Å²) >= 11 is 4.04. The second-order valence-corrected chi connectivity index (χ2v) is 11.0. The summed E-state index contributed by atoms with van der Waals surface area (Å²) in [4.78, 5) is 24.0. The minimum atomic E-state index is -0.221. The van der Waals surface area contributed by atoms with E-state index in [4.69, 9.17) is 9.47 Å². The first-order valence-electron chi connectivity index (χ1n) is 11.4. The second kappa shape index (κ2) is 17.7. The molecule has 178 valence electrons. The number of hydrogen-bond acceptors (Lipinski definition) is 9. The molecule has 0 spiro atoms. The van der Waals surface area contributed by atoms with Gasteiger partial charge in [-0.15, -0.1) is 10.2 Å². The molecule has 2 unspecified atom stereocenters. The van der Waals surface area contributed by atoms with Crippen molar-refractivity contribution in [2.45, 2.75) is 87.7 Å². The molecule has 0 saturated carbocycles. The third-order valence-corrected chi connectivity index (χ3v) is 8.20. The van der Waals surface area contributed by atoms with Gasteiger partial charge in [-0.2, -0.15) is 0 Å². The summed E-state index contributed by atoms with van der Waals surface area (Å²) < 4.78 is 12.2. The molecular weight excluding hydrogens is 452 g/mol. The van der Waals surface area contributed by atoms with Crippen molar-refractivity contribution in [2.24, 2.45) is 11.8 Å². The first-order chi connectivity index (χ1) is 15.0. The van der Waals surface area contributed by atoms with Crippen molar-refractivity contribution in [2.75, 3.05) is 24.7 Å². The molecule has 0 aromatic carbocycles. The van der Waals surface area contributed by atoms with E-state index in [1.54, 1.807) is 0 Å². The van der Waals surface area contributed by atoms with E-state index in [2.05, 4.69) is 37.9 Å². The molecule has 9 heteroatoms. The Balaban J connectivity index is 2.26. The summed E-state index contributed by atoms with van der Waals surface area (Å²) in [6.45, 7) is 9.59. The number of carbonyl (C=O) groups excluding carboxylic acids is 2. The molecule has 1 heterocycles. The molecule has 0 bridgehead atoms. The van der Waals surface area contributed by atoms with Gasteiger partial charge in [0.05, 0.1) is 24.7 Å². The quantitative estimate of drug-likeness (QED) is 0.177. The predicted molar refractivity (Wildman–Crippen MR) is 130 cm³/mol. The number of thioether (sulfide) groups is 2. The Labute approximate surface area is 200 Å². The maximum Gasteiger partial charge on any atom is 0.316 e. The zero-order valence-corrected chi connectivity index (χ0v) is 21.8. The SMILES string of the molecule is CCCCC(CC)COC(=O)CSc1nnc(SCC(=O)OCC(CC)CCCC)s1. The molecule has 0 radical (unpaired) electrons.